The van der Waals surface area contributed by atoms with Gasteiger partial charge in [-0.2, -0.15) is 0 Å². The lowest BCUT2D eigenvalue weighted by atomic mass is 10.1. The molecule has 1 N–H and O–H groups in total. The van der Waals surface area contributed by atoms with E-state index in [2.05, 4.69) is 4.98 Å². The van der Waals surface area contributed by atoms with Crippen molar-refractivity contribution in [1.29, 1.82) is 0 Å². The number of rotatable bonds is 3. The smallest absolute Gasteiger partial charge is 0.339 e. The standard InChI is InChI=1S/C17H18N2O5/c1-11-9-19(6-7-23-11)16(21)10-24-17(22)13-8-15(20)18-14-5-3-2-4-12(13)14/h2-5,8,11H,6-7,9-10H2,1H3,(H,18,20). The normalized spacial score (nSPS) is 17.7. The average molecular weight is 330 g/mol. The second kappa shape index (κ2) is 6.84. The number of morpholine rings is 1. The maximum atomic E-state index is 12.3. The number of pyridine rings is 1. The number of aromatic nitrogens is 1. The van der Waals surface area contributed by atoms with E-state index >= 15 is 0 Å². The first-order chi connectivity index (χ1) is 11.5. The van der Waals surface area contributed by atoms with Gasteiger partial charge in [0.1, 0.15) is 0 Å². The van der Waals surface area contributed by atoms with Crippen LogP contribution in [0.2, 0.25) is 0 Å². The first-order valence-electron chi connectivity index (χ1n) is 7.73. The van der Waals surface area contributed by atoms with Gasteiger partial charge in [0.15, 0.2) is 6.61 Å². The molecule has 0 saturated carbocycles. The second-order valence-corrected chi connectivity index (χ2v) is 5.69. The number of nitrogens with one attached hydrogen (secondary N) is 1. The number of para-hydroxylation sites is 1. The molecule has 1 aromatic carbocycles. The minimum atomic E-state index is -0.688. The molecule has 0 spiro atoms. The molecule has 1 unspecified atom stereocenters. The van der Waals surface area contributed by atoms with E-state index < -0.39 is 11.5 Å². The van der Waals surface area contributed by atoms with Crippen molar-refractivity contribution in [2.45, 2.75) is 13.0 Å². The molecule has 1 saturated heterocycles. The molecule has 1 amide bonds. The van der Waals surface area contributed by atoms with Gasteiger partial charge in [-0.3, -0.25) is 9.59 Å². The quantitative estimate of drug-likeness (QED) is 0.846. The fraction of sp³-hybridized carbons (Fsp3) is 0.353. The van der Waals surface area contributed by atoms with Crippen LogP contribution in [-0.4, -0.2) is 54.2 Å². The molecule has 0 bridgehead atoms. The number of benzene rings is 1. The molecule has 0 aliphatic carbocycles. The molecule has 1 aromatic heterocycles. The number of hydrogen-bond acceptors (Lipinski definition) is 5. The van der Waals surface area contributed by atoms with Gasteiger partial charge in [0, 0.05) is 30.1 Å². The zero-order chi connectivity index (χ0) is 17.1. The highest BCUT2D eigenvalue weighted by Crippen LogP contribution is 2.15. The molecule has 7 heteroatoms. The number of nitrogens with zero attached hydrogens (tertiary/aromatic N) is 1. The van der Waals surface area contributed by atoms with E-state index in [1.165, 1.54) is 6.07 Å². The van der Waals surface area contributed by atoms with Crippen molar-refractivity contribution in [3.05, 3.63) is 46.2 Å². The monoisotopic (exact) mass is 330 g/mol. The van der Waals surface area contributed by atoms with Gasteiger partial charge < -0.3 is 19.4 Å². The first kappa shape index (κ1) is 16.2. The maximum Gasteiger partial charge on any atom is 0.339 e. The van der Waals surface area contributed by atoms with Gasteiger partial charge in [0.25, 0.3) is 5.91 Å². The van der Waals surface area contributed by atoms with E-state index in [0.717, 1.165) is 0 Å². The van der Waals surface area contributed by atoms with Crippen LogP contribution in [0, 0.1) is 0 Å². The topological polar surface area (TPSA) is 88.7 Å². The van der Waals surface area contributed by atoms with Gasteiger partial charge >= 0.3 is 5.97 Å². The summed E-state index contributed by atoms with van der Waals surface area (Å²) in [7, 11) is 0. The zero-order valence-electron chi connectivity index (χ0n) is 13.3. The van der Waals surface area contributed by atoms with Crippen molar-refractivity contribution < 1.29 is 19.1 Å². The Kier molecular flexibility index (Phi) is 4.61. The van der Waals surface area contributed by atoms with Gasteiger partial charge in [-0.25, -0.2) is 4.79 Å². The summed E-state index contributed by atoms with van der Waals surface area (Å²) >= 11 is 0. The van der Waals surface area contributed by atoms with Crippen LogP contribution >= 0.6 is 0 Å². The molecule has 2 heterocycles. The van der Waals surface area contributed by atoms with Crippen LogP contribution in [0.1, 0.15) is 17.3 Å². The number of H-pyrrole nitrogens is 1. The van der Waals surface area contributed by atoms with Crippen LogP contribution in [-0.2, 0) is 14.3 Å². The highest BCUT2D eigenvalue weighted by atomic mass is 16.5. The van der Waals surface area contributed by atoms with Crippen molar-refractivity contribution in [3.8, 4) is 0 Å². The summed E-state index contributed by atoms with van der Waals surface area (Å²) in [6.45, 7) is 2.96. The van der Waals surface area contributed by atoms with E-state index in [0.29, 0.717) is 30.6 Å². The molecule has 0 radical (unpaired) electrons. The molecular formula is C17H18N2O5. The molecule has 126 valence electrons. The first-order valence-corrected chi connectivity index (χ1v) is 7.73. The van der Waals surface area contributed by atoms with Crippen LogP contribution in [0.4, 0.5) is 0 Å². The summed E-state index contributed by atoms with van der Waals surface area (Å²) < 4.78 is 10.5. The predicted molar refractivity (Wildman–Crippen MR) is 86.8 cm³/mol. The Balaban J connectivity index is 1.71. The van der Waals surface area contributed by atoms with Crippen molar-refractivity contribution in [3.63, 3.8) is 0 Å². The van der Waals surface area contributed by atoms with Gasteiger partial charge in [-0.1, -0.05) is 18.2 Å². The summed E-state index contributed by atoms with van der Waals surface area (Å²) in [6.07, 6.45) is -0.0324. The van der Waals surface area contributed by atoms with Gasteiger partial charge in [-0.15, -0.1) is 0 Å². The lowest BCUT2D eigenvalue weighted by molar-refractivity contribution is -0.141. The Labute approximate surface area is 138 Å². The largest absolute Gasteiger partial charge is 0.452 e. The van der Waals surface area contributed by atoms with Crippen molar-refractivity contribution in [2.24, 2.45) is 0 Å². The third-order valence-corrected chi connectivity index (χ3v) is 3.89. The maximum absolute atomic E-state index is 12.3. The minimum absolute atomic E-state index is 0.0324. The second-order valence-electron chi connectivity index (χ2n) is 5.69. The van der Waals surface area contributed by atoms with E-state index in [1.807, 2.05) is 6.92 Å². The third kappa shape index (κ3) is 3.46. The summed E-state index contributed by atoms with van der Waals surface area (Å²) in [5.74, 6) is -0.959. The number of hydrogen-bond donors (Lipinski definition) is 1. The molecule has 1 aliphatic rings. The Morgan fingerprint density at radius 3 is 2.96 bits per heavy atom. The Bertz CT molecular complexity index is 829. The Morgan fingerprint density at radius 1 is 1.38 bits per heavy atom. The van der Waals surface area contributed by atoms with E-state index in [1.54, 1.807) is 29.2 Å². The lowest BCUT2D eigenvalue weighted by Gasteiger charge is -2.30. The van der Waals surface area contributed by atoms with Crippen molar-refractivity contribution >= 4 is 22.8 Å². The molecule has 24 heavy (non-hydrogen) atoms. The highest BCUT2D eigenvalue weighted by Gasteiger charge is 2.23. The average Bonchev–Trinajstić information content (AvgIpc) is 2.58. The Morgan fingerprint density at radius 2 is 2.17 bits per heavy atom. The fourth-order valence-corrected chi connectivity index (χ4v) is 2.71. The zero-order valence-corrected chi connectivity index (χ0v) is 13.3. The molecule has 7 nitrogen and oxygen atoms in total. The van der Waals surface area contributed by atoms with Crippen LogP contribution < -0.4 is 5.56 Å². The number of esters is 1. The number of aromatic amines is 1. The molecule has 2 aromatic rings. The lowest BCUT2D eigenvalue weighted by Crippen LogP contribution is -2.46. The summed E-state index contributed by atoms with van der Waals surface area (Å²) in [6, 6.07) is 8.13. The van der Waals surface area contributed by atoms with E-state index in [9.17, 15) is 14.4 Å². The van der Waals surface area contributed by atoms with E-state index in [-0.39, 0.29) is 24.2 Å². The summed E-state index contributed by atoms with van der Waals surface area (Å²) in [5, 5.41) is 0.578. The van der Waals surface area contributed by atoms with Crippen molar-refractivity contribution in [2.75, 3.05) is 26.3 Å². The number of amides is 1. The SMILES string of the molecule is CC1CN(C(=O)COC(=O)c2cc(=O)[nH]c3ccccc23)CCO1. The van der Waals surface area contributed by atoms with Gasteiger partial charge in [0.05, 0.1) is 18.3 Å². The molecule has 1 aliphatic heterocycles. The fourth-order valence-electron chi connectivity index (χ4n) is 2.71. The van der Waals surface area contributed by atoms with E-state index in [4.69, 9.17) is 9.47 Å². The molecule has 1 atom stereocenters. The molecular weight excluding hydrogens is 312 g/mol. The number of ether oxygens (including phenoxy) is 2. The number of fused-ring (bicyclic) bond motifs is 1. The third-order valence-electron chi connectivity index (χ3n) is 3.89. The molecule has 3 rings (SSSR count). The van der Waals surface area contributed by atoms with Gasteiger partial charge in [0.2, 0.25) is 5.56 Å². The summed E-state index contributed by atoms with van der Waals surface area (Å²) in [5.41, 5.74) is 0.303. The molecule has 1 fully saturated rings. The van der Waals surface area contributed by atoms with Gasteiger partial charge in [-0.05, 0) is 13.0 Å². The summed E-state index contributed by atoms with van der Waals surface area (Å²) in [4.78, 5) is 40.4. The number of carbonyl (C=O) groups is 2. The highest BCUT2D eigenvalue weighted by molar-refractivity contribution is 6.03. The van der Waals surface area contributed by atoms with Crippen LogP contribution in [0.3, 0.4) is 0 Å². The minimum Gasteiger partial charge on any atom is -0.452 e. The number of carbonyl (C=O) groups excluding carboxylic acids is 2. The van der Waals surface area contributed by atoms with Crippen LogP contribution in [0.15, 0.2) is 35.1 Å². The van der Waals surface area contributed by atoms with Crippen molar-refractivity contribution in [1.82, 2.24) is 9.88 Å². The Hall–Kier alpha value is -2.67. The predicted octanol–water partition coefficient (Wildman–Crippen LogP) is 0.932. The van der Waals surface area contributed by atoms with Crippen LogP contribution in [0.5, 0.6) is 0 Å². The van der Waals surface area contributed by atoms with Crippen LogP contribution in [0.25, 0.3) is 10.9 Å².